The van der Waals surface area contributed by atoms with Crippen LogP contribution < -0.4 is 10.6 Å². The Hall–Kier alpha value is -1.03. The first-order chi connectivity index (χ1) is 9.78. The molecule has 1 aromatic rings. The molecule has 1 atom stereocenters. The Balaban J connectivity index is 1.70. The molecule has 0 spiro atoms. The summed E-state index contributed by atoms with van der Waals surface area (Å²) in [5, 5.41) is 9.19. The predicted molar refractivity (Wildman–Crippen MR) is 88.6 cm³/mol. The number of hydrogen-bond donors (Lipinski definition) is 2. The monoisotopic (exact) mass is 293 g/mol. The summed E-state index contributed by atoms with van der Waals surface area (Å²) >= 11 is 1.85. The molecule has 1 aliphatic rings. The molecule has 1 saturated carbocycles. The first-order valence-electron chi connectivity index (χ1n) is 7.77. The molecule has 2 N–H and O–H groups in total. The van der Waals surface area contributed by atoms with Gasteiger partial charge in [-0.25, -0.2) is 0 Å². The van der Waals surface area contributed by atoms with Gasteiger partial charge in [-0.3, -0.25) is 4.99 Å². The highest BCUT2D eigenvalue weighted by Gasteiger charge is 2.14. The zero-order valence-electron chi connectivity index (χ0n) is 12.7. The van der Waals surface area contributed by atoms with Crippen molar-refractivity contribution in [2.75, 3.05) is 13.6 Å². The summed E-state index contributed by atoms with van der Waals surface area (Å²) in [4.78, 5) is 5.82. The zero-order chi connectivity index (χ0) is 14.2. The summed E-state index contributed by atoms with van der Waals surface area (Å²) < 4.78 is 0. The van der Waals surface area contributed by atoms with Gasteiger partial charge in [-0.2, -0.15) is 0 Å². The summed E-state index contributed by atoms with van der Waals surface area (Å²) in [6.07, 6.45) is 7.80. The minimum atomic E-state index is 0.613. The van der Waals surface area contributed by atoms with Gasteiger partial charge in [0.05, 0.1) is 0 Å². The lowest BCUT2D eigenvalue weighted by molar-refractivity contribution is 0.408. The molecule has 20 heavy (non-hydrogen) atoms. The Kier molecular flexibility index (Phi) is 6.37. The molecule has 0 radical (unpaired) electrons. The maximum Gasteiger partial charge on any atom is 0.191 e. The lowest BCUT2D eigenvalue weighted by Crippen LogP contribution is -2.45. The molecule has 1 unspecified atom stereocenters. The minimum absolute atomic E-state index is 0.613. The van der Waals surface area contributed by atoms with Gasteiger partial charge in [-0.05, 0) is 36.6 Å². The Morgan fingerprint density at radius 2 is 2.20 bits per heavy atom. The smallest absolute Gasteiger partial charge is 0.191 e. The van der Waals surface area contributed by atoms with E-state index in [0.29, 0.717) is 12.0 Å². The highest BCUT2D eigenvalue weighted by Crippen LogP contribution is 2.17. The van der Waals surface area contributed by atoms with E-state index in [1.165, 1.54) is 37.0 Å². The maximum absolute atomic E-state index is 4.35. The van der Waals surface area contributed by atoms with Gasteiger partial charge in [0.25, 0.3) is 0 Å². The van der Waals surface area contributed by atoms with E-state index in [1.807, 2.05) is 18.4 Å². The lowest BCUT2D eigenvalue weighted by Gasteiger charge is -2.25. The quantitative estimate of drug-likeness (QED) is 0.644. The topological polar surface area (TPSA) is 36.4 Å². The van der Waals surface area contributed by atoms with Gasteiger partial charge in [0.1, 0.15) is 0 Å². The molecule has 112 valence electrons. The van der Waals surface area contributed by atoms with Crippen LogP contribution >= 0.6 is 11.3 Å². The molecule has 1 aliphatic carbocycles. The van der Waals surface area contributed by atoms with Crippen molar-refractivity contribution in [2.24, 2.45) is 10.9 Å². The SMILES string of the molecule is CN=C(NCC(C)Cc1cccs1)NC1CCCCC1. The Morgan fingerprint density at radius 1 is 1.40 bits per heavy atom. The third-order valence-corrected chi connectivity index (χ3v) is 4.82. The molecule has 0 amide bonds. The predicted octanol–water partition coefficient (Wildman–Crippen LogP) is 3.42. The van der Waals surface area contributed by atoms with Crippen molar-refractivity contribution < 1.29 is 0 Å². The number of guanidine groups is 1. The highest BCUT2D eigenvalue weighted by molar-refractivity contribution is 7.09. The van der Waals surface area contributed by atoms with Gasteiger partial charge in [-0.1, -0.05) is 32.3 Å². The first-order valence-corrected chi connectivity index (χ1v) is 8.65. The average Bonchev–Trinajstić information content (AvgIpc) is 2.97. The molecular formula is C16H27N3S. The number of rotatable bonds is 5. The van der Waals surface area contributed by atoms with Gasteiger partial charge >= 0.3 is 0 Å². The molecule has 0 bridgehead atoms. The van der Waals surface area contributed by atoms with Gasteiger partial charge in [0.2, 0.25) is 0 Å². The van der Waals surface area contributed by atoms with E-state index in [2.05, 4.69) is 40.1 Å². The van der Waals surface area contributed by atoms with Crippen molar-refractivity contribution in [1.29, 1.82) is 0 Å². The van der Waals surface area contributed by atoms with Crippen molar-refractivity contribution in [3.63, 3.8) is 0 Å². The minimum Gasteiger partial charge on any atom is -0.356 e. The summed E-state index contributed by atoms with van der Waals surface area (Å²) in [6.45, 7) is 3.27. The van der Waals surface area contributed by atoms with Crippen LogP contribution in [0.15, 0.2) is 22.5 Å². The molecule has 1 heterocycles. The first kappa shape index (κ1) is 15.4. The second-order valence-electron chi connectivity index (χ2n) is 5.82. The number of nitrogens with zero attached hydrogens (tertiary/aromatic N) is 1. The number of thiophene rings is 1. The van der Waals surface area contributed by atoms with E-state index in [1.54, 1.807) is 0 Å². The van der Waals surface area contributed by atoms with E-state index < -0.39 is 0 Å². The van der Waals surface area contributed by atoms with Crippen LogP contribution in [0, 0.1) is 5.92 Å². The van der Waals surface area contributed by atoms with Gasteiger partial charge in [0, 0.05) is 24.5 Å². The second-order valence-corrected chi connectivity index (χ2v) is 6.85. The molecule has 4 heteroatoms. The van der Waals surface area contributed by atoms with Crippen LogP contribution in [0.25, 0.3) is 0 Å². The standard InChI is InChI=1S/C16H27N3S/c1-13(11-15-9-6-10-20-15)12-18-16(17-2)19-14-7-4-3-5-8-14/h6,9-10,13-14H,3-5,7-8,11-12H2,1-2H3,(H2,17,18,19). The van der Waals surface area contributed by atoms with E-state index in [0.717, 1.165) is 18.9 Å². The van der Waals surface area contributed by atoms with E-state index >= 15 is 0 Å². The summed E-state index contributed by atoms with van der Waals surface area (Å²) in [7, 11) is 1.86. The number of hydrogen-bond acceptors (Lipinski definition) is 2. The molecule has 0 aromatic carbocycles. The van der Waals surface area contributed by atoms with Crippen LogP contribution in [0.3, 0.4) is 0 Å². The van der Waals surface area contributed by atoms with Crippen LogP contribution in [0.5, 0.6) is 0 Å². The van der Waals surface area contributed by atoms with Gasteiger partial charge < -0.3 is 10.6 Å². The van der Waals surface area contributed by atoms with Crippen LogP contribution in [0.4, 0.5) is 0 Å². The van der Waals surface area contributed by atoms with E-state index in [4.69, 9.17) is 0 Å². The Bertz CT molecular complexity index is 394. The number of nitrogens with one attached hydrogen (secondary N) is 2. The third kappa shape index (κ3) is 5.16. The Morgan fingerprint density at radius 3 is 2.85 bits per heavy atom. The fraction of sp³-hybridized carbons (Fsp3) is 0.688. The molecule has 1 aromatic heterocycles. The number of aliphatic imine (C=N–C) groups is 1. The molecule has 2 rings (SSSR count). The molecule has 3 nitrogen and oxygen atoms in total. The van der Waals surface area contributed by atoms with E-state index in [-0.39, 0.29) is 0 Å². The largest absolute Gasteiger partial charge is 0.356 e. The lowest BCUT2D eigenvalue weighted by atomic mass is 9.96. The Labute approximate surface area is 126 Å². The third-order valence-electron chi connectivity index (χ3n) is 3.92. The van der Waals surface area contributed by atoms with Crippen molar-refractivity contribution in [3.05, 3.63) is 22.4 Å². The van der Waals surface area contributed by atoms with Crippen LogP contribution in [0.2, 0.25) is 0 Å². The second kappa shape index (κ2) is 8.30. The molecular weight excluding hydrogens is 266 g/mol. The van der Waals surface area contributed by atoms with Crippen LogP contribution in [-0.2, 0) is 6.42 Å². The molecule has 0 saturated heterocycles. The summed E-state index contributed by atoms with van der Waals surface area (Å²) in [5.41, 5.74) is 0. The maximum atomic E-state index is 4.35. The van der Waals surface area contributed by atoms with Gasteiger partial charge in [0.15, 0.2) is 5.96 Å². The summed E-state index contributed by atoms with van der Waals surface area (Å²) in [6, 6.07) is 4.96. The fourth-order valence-electron chi connectivity index (χ4n) is 2.75. The van der Waals surface area contributed by atoms with Crippen molar-refractivity contribution in [3.8, 4) is 0 Å². The van der Waals surface area contributed by atoms with Crippen molar-refractivity contribution in [1.82, 2.24) is 10.6 Å². The van der Waals surface area contributed by atoms with E-state index in [9.17, 15) is 0 Å². The van der Waals surface area contributed by atoms with Crippen LogP contribution in [0.1, 0.15) is 43.9 Å². The zero-order valence-corrected chi connectivity index (χ0v) is 13.5. The van der Waals surface area contributed by atoms with Crippen LogP contribution in [-0.4, -0.2) is 25.6 Å². The average molecular weight is 293 g/mol. The van der Waals surface area contributed by atoms with Crippen molar-refractivity contribution in [2.45, 2.75) is 51.5 Å². The fourth-order valence-corrected chi connectivity index (χ4v) is 3.62. The highest BCUT2D eigenvalue weighted by atomic mass is 32.1. The van der Waals surface area contributed by atoms with Crippen molar-refractivity contribution >= 4 is 17.3 Å². The van der Waals surface area contributed by atoms with Gasteiger partial charge in [-0.15, -0.1) is 11.3 Å². The molecule has 1 fully saturated rings. The normalized spacial score (nSPS) is 18.8. The summed E-state index contributed by atoms with van der Waals surface area (Å²) in [5.74, 6) is 1.59. The molecule has 0 aliphatic heterocycles.